The monoisotopic (exact) mass is 353 g/mol. The summed E-state index contributed by atoms with van der Waals surface area (Å²) in [6.45, 7) is 0.744. The number of hydrogen-bond acceptors (Lipinski definition) is 4. The van der Waals surface area contributed by atoms with Gasteiger partial charge in [0, 0.05) is 17.3 Å². The largest absolute Gasteiger partial charge is 0.468 e. The fourth-order valence-electron chi connectivity index (χ4n) is 2.36. The van der Waals surface area contributed by atoms with Crippen LogP contribution in [0.15, 0.2) is 47.1 Å². The van der Waals surface area contributed by atoms with Crippen molar-refractivity contribution in [2.75, 3.05) is 18.1 Å². The van der Waals surface area contributed by atoms with Gasteiger partial charge < -0.3 is 9.32 Å². The summed E-state index contributed by atoms with van der Waals surface area (Å²) in [7, 11) is 0. The second-order valence-electron chi connectivity index (χ2n) is 4.94. The Bertz CT molecular complexity index is 633. The van der Waals surface area contributed by atoms with Crippen molar-refractivity contribution >= 4 is 41.0 Å². The Kier molecular flexibility index (Phi) is 5.39. The Balaban J connectivity index is 1.57. The van der Waals surface area contributed by atoms with Crippen LogP contribution in [0.3, 0.4) is 0 Å². The fourth-order valence-corrected chi connectivity index (χ4v) is 4.61. The average molecular weight is 354 g/mol. The van der Waals surface area contributed by atoms with Crippen LogP contribution in [0.1, 0.15) is 16.7 Å². The Labute approximate surface area is 143 Å². The number of carbonyl (C=O) groups is 1. The number of thioether (sulfide) groups is 2. The first-order valence-corrected chi connectivity index (χ1v) is 9.59. The minimum absolute atomic E-state index is 0.0791. The number of halogens is 1. The van der Waals surface area contributed by atoms with Gasteiger partial charge in [-0.15, -0.1) is 11.8 Å². The predicted octanol–water partition coefficient (Wildman–Crippen LogP) is 4.44. The van der Waals surface area contributed by atoms with E-state index in [1.807, 2.05) is 41.3 Å². The second kappa shape index (κ2) is 7.49. The molecule has 1 fully saturated rings. The molecule has 2 heterocycles. The summed E-state index contributed by atoms with van der Waals surface area (Å²) in [5.74, 6) is 3.45. The third-order valence-corrected chi connectivity index (χ3v) is 5.85. The van der Waals surface area contributed by atoms with Crippen LogP contribution in [-0.4, -0.2) is 28.9 Å². The van der Waals surface area contributed by atoms with Gasteiger partial charge in [-0.3, -0.25) is 4.79 Å². The van der Waals surface area contributed by atoms with Gasteiger partial charge in [-0.1, -0.05) is 23.7 Å². The number of rotatable bonds is 6. The van der Waals surface area contributed by atoms with Gasteiger partial charge in [0.25, 0.3) is 0 Å². The standard InChI is InChI=1S/C16H16ClNO2S2/c17-13-4-1-3-12(9-13)16-18(15(19)11-22-16)6-8-21-10-14-5-2-7-20-14/h1-5,7,9,16H,6,8,10-11H2. The maximum atomic E-state index is 12.1. The third-order valence-electron chi connectivity index (χ3n) is 3.40. The lowest BCUT2D eigenvalue weighted by Crippen LogP contribution is -2.30. The molecule has 1 aromatic heterocycles. The highest BCUT2D eigenvalue weighted by Crippen LogP contribution is 2.39. The van der Waals surface area contributed by atoms with Crippen LogP contribution in [0.4, 0.5) is 0 Å². The molecular formula is C16H16ClNO2S2. The van der Waals surface area contributed by atoms with Gasteiger partial charge in [-0.05, 0) is 29.8 Å². The Morgan fingerprint density at radius 3 is 3.05 bits per heavy atom. The van der Waals surface area contributed by atoms with E-state index in [-0.39, 0.29) is 11.3 Å². The highest BCUT2D eigenvalue weighted by molar-refractivity contribution is 8.00. The van der Waals surface area contributed by atoms with E-state index in [1.54, 1.807) is 29.8 Å². The average Bonchev–Trinajstić information content (AvgIpc) is 3.14. The number of amides is 1. The zero-order chi connectivity index (χ0) is 15.4. The van der Waals surface area contributed by atoms with Gasteiger partial charge in [0.1, 0.15) is 11.1 Å². The third kappa shape index (κ3) is 3.83. The molecule has 0 saturated carbocycles. The van der Waals surface area contributed by atoms with Crippen LogP contribution in [0.5, 0.6) is 0 Å². The van der Waals surface area contributed by atoms with E-state index in [2.05, 4.69) is 0 Å². The normalized spacial score (nSPS) is 18.1. The Morgan fingerprint density at radius 2 is 2.27 bits per heavy atom. The van der Waals surface area contributed by atoms with Crippen LogP contribution in [0.2, 0.25) is 5.02 Å². The summed E-state index contributed by atoms with van der Waals surface area (Å²) in [5, 5.41) is 0.792. The number of nitrogens with zero attached hydrogens (tertiary/aromatic N) is 1. The van der Waals surface area contributed by atoms with E-state index in [9.17, 15) is 4.79 Å². The molecule has 1 unspecified atom stereocenters. The van der Waals surface area contributed by atoms with E-state index >= 15 is 0 Å². The zero-order valence-corrected chi connectivity index (χ0v) is 14.3. The molecular weight excluding hydrogens is 338 g/mol. The summed E-state index contributed by atoms with van der Waals surface area (Å²) < 4.78 is 5.31. The van der Waals surface area contributed by atoms with Crippen molar-refractivity contribution < 1.29 is 9.21 Å². The van der Waals surface area contributed by atoms with Crippen LogP contribution >= 0.6 is 35.1 Å². The molecule has 3 nitrogen and oxygen atoms in total. The van der Waals surface area contributed by atoms with Gasteiger partial charge in [-0.2, -0.15) is 11.8 Å². The van der Waals surface area contributed by atoms with Gasteiger partial charge in [0.05, 0.1) is 17.8 Å². The van der Waals surface area contributed by atoms with Crippen molar-refractivity contribution in [1.82, 2.24) is 4.90 Å². The highest BCUT2D eigenvalue weighted by atomic mass is 35.5. The minimum atomic E-state index is 0.0791. The van der Waals surface area contributed by atoms with Crippen LogP contribution in [0.25, 0.3) is 0 Å². The highest BCUT2D eigenvalue weighted by Gasteiger charge is 2.32. The fraction of sp³-hybridized carbons (Fsp3) is 0.312. The molecule has 116 valence electrons. The molecule has 22 heavy (non-hydrogen) atoms. The first kappa shape index (κ1) is 15.8. The van der Waals surface area contributed by atoms with E-state index in [0.29, 0.717) is 10.8 Å². The Morgan fingerprint density at radius 1 is 1.36 bits per heavy atom. The van der Waals surface area contributed by atoms with E-state index in [0.717, 1.165) is 29.4 Å². The molecule has 1 saturated heterocycles. The summed E-state index contributed by atoms with van der Waals surface area (Å²) >= 11 is 9.51. The zero-order valence-electron chi connectivity index (χ0n) is 11.9. The maximum absolute atomic E-state index is 12.1. The van der Waals surface area contributed by atoms with Crippen molar-refractivity contribution in [3.63, 3.8) is 0 Å². The van der Waals surface area contributed by atoms with E-state index in [4.69, 9.17) is 16.0 Å². The molecule has 6 heteroatoms. The minimum Gasteiger partial charge on any atom is -0.468 e. The number of hydrogen-bond donors (Lipinski definition) is 0. The molecule has 3 rings (SSSR count). The Hall–Kier alpha value is -1.04. The van der Waals surface area contributed by atoms with Gasteiger partial charge in [-0.25, -0.2) is 0 Å². The molecule has 0 aliphatic carbocycles. The second-order valence-corrected chi connectivity index (χ2v) is 7.55. The first-order chi connectivity index (χ1) is 10.7. The van der Waals surface area contributed by atoms with Crippen molar-refractivity contribution in [2.45, 2.75) is 11.1 Å². The topological polar surface area (TPSA) is 33.5 Å². The molecule has 0 N–H and O–H groups in total. The van der Waals surface area contributed by atoms with Crippen molar-refractivity contribution in [1.29, 1.82) is 0 Å². The van der Waals surface area contributed by atoms with Crippen molar-refractivity contribution in [2.24, 2.45) is 0 Å². The van der Waals surface area contributed by atoms with Gasteiger partial charge in [0.15, 0.2) is 0 Å². The summed E-state index contributed by atoms with van der Waals surface area (Å²) in [4.78, 5) is 14.1. The van der Waals surface area contributed by atoms with Gasteiger partial charge >= 0.3 is 0 Å². The number of furan rings is 1. The quantitative estimate of drug-likeness (QED) is 0.719. The molecule has 1 aliphatic heterocycles. The molecule has 1 amide bonds. The molecule has 0 spiro atoms. The molecule has 1 atom stereocenters. The first-order valence-electron chi connectivity index (χ1n) is 7.01. The smallest absolute Gasteiger partial charge is 0.233 e. The van der Waals surface area contributed by atoms with Crippen LogP contribution < -0.4 is 0 Å². The van der Waals surface area contributed by atoms with Crippen molar-refractivity contribution in [3.05, 3.63) is 59.0 Å². The lowest BCUT2D eigenvalue weighted by Gasteiger charge is -2.24. The number of carbonyl (C=O) groups excluding carboxylic acids is 1. The summed E-state index contributed by atoms with van der Waals surface area (Å²) in [5.41, 5.74) is 1.10. The predicted molar refractivity (Wildman–Crippen MR) is 93.2 cm³/mol. The van der Waals surface area contributed by atoms with E-state index in [1.165, 1.54) is 0 Å². The molecule has 0 bridgehead atoms. The maximum Gasteiger partial charge on any atom is 0.233 e. The lowest BCUT2D eigenvalue weighted by atomic mass is 10.2. The van der Waals surface area contributed by atoms with E-state index < -0.39 is 0 Å². The summed E-state index contributed by atoms with van der Waals surface area (Å²) in [6, 6.07) is 11.6. The lowest BCUT2D eigenvalue weighted by molar-refractivity contribution is -0.127. The molecule has 0 radical (unpaired) electrons. The van der Waals surface area contributed by atoms with Crippen molar-refractivity contribution in [3.8, 4) is 0 Å². The van der Waals surface area contributed by atoms with Crippen LogP contribution in [-0.2, 0) is 10.5 Å². The van der Waals surface area contributed by atoms with Gasteiger partial charge in [0.2, 0.25) is 5.91 Å². The van der Waals surface area contributed by atoms with Crippen LogP contribution in [0, 0.1) is 0 Å². The molecule has 2 aromatic rings. The summed E-state index contributed by atoms with van der Waals surface area (Å²) in [6.07, 6.45) is 1.69. The molecule has 1 aromatic carbocycles. The number of benzene rings is 1. The molecule has 1 aliphatic rings. The SMILES string of the molecule is O=C1CSC(c2cccc(Cl)c2)N1CCSCc1ccco1.